The molecule has 0 fully saturated rings. The van der Waals surface area contributed by atoms with Gasteiger partial charge in [0.05, 0.1) is 0 Å². The van der Waals surface area contributed by atoms with Gasteiger partial charge in [-0.3, -0.25) is 9.59 Å². The second-order valence-electron chi connectivity index (χ2n) is 1.99. The third-order valence-electron chi connectivity index (χ3n) is 1.09. The number of hydrogen-bond donors (Lipinski definition) is 2. The van der Waals surface area contributed by atoms with Crippen molar-refractivity contribution < 1.29 is 9.59 Å². The lowest BCUT2D eigenvalue weighted by atomic mass is 10.5. The number of nitrogens with one attached hydrogen (secondary N) is 2. The first kappa shape index (κ1) is 14.9. The lowest BCUT2D eigenvalue weighted by molar-refractivity contribution is -0.118. The molecule has 0 saturated carbocycles. The fourth-order valence-electron chi connectivity index (χ4n) is 0.516. The Balaban J connectivity index is 0. The number of amides is 2. The maximum absolute atomic E-state index is 10.6. The first-order chi connectivity index (χ1) is 6.70. The van der Waals surface area contributed by atoms with Crippen molar-refractivity contribution in [2.45, 2.75) is 13.8 Å². The molecule has 0 rings (SSSR count). The predicted octanol–water partition coefficient (Wildman–Crippen LogP) is 0.617. The highest BCUT2D eigenvalue weighted by molar-refractivity contribution is 5.87. The maximum atomic E-state index is 10.6. The zero-order valence-corrected chi connectivity index (χ0v) is 8.80. The molecule has 2 amide bonds. The summed E-state index contributed by atoms with van der Waals surface area (Å²) in [6.07, 6.45) is 2.35. The van der Waals surface area contributed by atoms with Gasteiger partial charge in [-0.2, -0.15) is 0 Å². The molecule has 0 atom stereocenters. The summed E-state index contributed by atoms with van der Waals surface area (Å²) in [6.45, 7) is 11.3. The highest BCUT2D eigenvalue weighted by Gasteiger charge is 1.93. The number of hydrogen-bond acceptors (Lipinski definition) is 2. The van der Waals surface area contributed by atoms with Gasteiger partial charge >= 0.3 is 0 Å². The zero-order valence-electron chi connectivity index (χ0n) is 8.80. The van der Waals surface area contributed by atoms with Gasteiger partial charge in [0.2, 0.25) is 11.8 Å². The Hall–Kier alpha value is -1.58. The van der Waals surface area contributed by atoms with Gasteiger partial charge in [-0.25, -0.2) is 0 Å². The average Bonchev–Trinajstić information content (AvgIpc) is 2.26. The second-order valence-corrected chi connectivity index (χ2v) is 1.99. The summed E-state index contributed by atoms with van der Waals surface area (Å²) in [5.41, 5.74) is 0. The van der Waals surface area contributed by atoms with Crippen LogP contribution >= 0.6 is 0 Å². The molecule has 4 heteroatoms. The predicted molar refractivity (Wildman–Crippen MR) is 57.8 cm³/mol. The number of carbonyl (C=O) groups is 2. The largest absolute Gasteiger partial charge is 0.351 e. The van der Waals surface area contributed by atoms with Gasteiger partial charge in [-0.15, -0.1) is 0 Å². The van der Waals surface area contributed by atoms with Gasteiger partial charge in [0.1, 0.15) is 0 Å². The topological polar surface area (TPSA) is 58.2 Å². The fourth-order valence-corrected chi connectivity index (χ4v) is 0.516. The van der Waals surface area contributed by atoms with Crippen LogP contribution in [0.25, 0.3) is 0 Å². The highest BCUT2D eigenvalue weighted by atomic mass is 16.2. The molecule has 0 spiro atoms. The van der Waals surface area contributed by atoms with Gasteiger partial charge in [-0.05, 0) is 12.2 Å². The van der Waals surface area contributed by atoms with E-state index < -0.39 is 0 Å². The molecule has 80 valence electrons. The van der Waals surface area contributed by atoms with E-state index in [0.717, 1.165) is 0 Å². The van der Waals surface area contributed by atoms with Crippen LogP contribution in [0.1, 0.15) is 13.8 Å². The number of carbonyl (C=O) groups excluding carboxylic acids is 2. The molecule has 4 nitrogen and oxygen atoms in total. The fraction of sp³-hybridized carbons (Fsp3) is 0.400. The highest BCUT2D eigenvalue weighted by Crippen LogP contribution is 1.67. The van der Waals surface area contributed by atoms with Gasteiger partial charge in [0, 0.05) is 13.1 Å². The van der Waals surface area contributed by atoms with Crippen LogP contribution in [0.3, 0.4) is 0 Å². The van der Waals surface area contributed by atoms with Gasteiger partial charge in [0.15, 0.2) is 0 Å². The minimum Gasteiger partial charge on any atom is -0.351 e. The summed E-state index contributed by atoms with van der Waals surface area (Å²) in [5.74, 6) is -0.495. The van der Waals surface area contributed by atoms with Crippen LogP contribution in [0.4, 0.5) is 0 Å². The zero-order chi connectivity index (χ0) is 11.4. The van der Waals surface area contributed by atoms with Gasteiger partial charge in [0.25, 0.3) is 0 Å². The lowest BCUT2D eigenvalue weighted by Gasteiger charge is -2.01. The minimum atomic E-state index is -0.247. The van der Waals surface area contributed by atoms with Crippen LogP contribution in [-0.2, 0) is 9.59 Å². The van der Waals surface area contributed by atoms with E-state index >= 15 is 0 Å². The normalized spacial score (nSPS) is 7.57. The van der Waals surface area contributed by atoms with E-state index in [0.29, 0.717) is 13.1 Å². The maximum Gasteiger partial charge on any atom is 0.243 e. The van der Waals surface area contributed by atoms with Gasteiger partial charge in [-0.1, -0.05) is 27.0 Å². The summed E-state index contributed by atoms with van der Waals surface area (Å²) in [5, 5.41) is 5.01. The third kappa shape index (κ3) is 10.4. The van der Waals surface area contributed by atoms with Crippen LogP contribution in [0, 0.1) is 0 Å². The van der Waals surface area contributed by atoms with Crippen molar-refractivity contribution in [1.29, 1.82) is 0 Å². The standard InChI is InChI=1S/C8H12N2O2.C2H6/c1-3-7(11)9-5-6-10-8(12)4-2;1-2/h3-4H,1-2,5-6H2,(H,9,11)(H,10,12);1-2H3. The van der Waals surface area contributed by atoms with Crippen LogP contribution < -0.4 is 10.6 Å². The molecular formula is C10H18N2O2. The lowest BCUT2D eigenvalue weighted by Crippen LogP contribution is -2.32. The quantitative estimate of drug-likeness (QED) is 0.502. The summed E-state index contributed by atoms with van der Waals surface area (Å²) in [6, 6.07) is 0. The molecule has 0 bridgehead atoms. The van der Waals surface area contributed by atoms with E-state index in [1.807, 2.05) is 13.8 Å². The Morgan fingerprint density at radius 1 is 1.00 bits per heavy atom. The van der Waals surface area contributed by atoms with Crippen molar-refractivity contribution in [3.8, 4) is 0 Å². The van der Waals surface area contributed by atoms with E-state index in [2.05, 4.69) is 23.8 Å². The van der Waals surface area contributed by atoms with Crippen molar-refractivity contribution in [2.75, 3.05) is 13.1 Å². The SMILES string of the molecule is C=CC(=O)NCCNC(=O)C=C.CC. The van der Waals surface area contributed by atoms with Gasteiger partial charge < -0.3 is 10.6 Å². The Bertz CT molecular complexity index is 178. The van der Waals surface area contributed by atoms with Crippen molar-refractivity contribution in [2.24, 2.45) is 0 Å². The van der Waals surface area contributed by atoms with Crippen LogP contribution in [-0.4, -0.2) is 24.9 Å². The summed E-state index contributed by atoms with van der Waals surface area (Å²) in [7, 11) is 0. The first-order valence-electron chi connectivity index (χ1n) is 4.51. The van der Waals surface area contributed by atoms with E-state index in [1.165, 1.54) is 12.2 Å². The molecule has 0 aliphatic rings. The molecule has 0 aromatic rings. The molecular weight excluding hydrogens is 180 g/mol. The van der Waals surface area contributed by atoms with Crippen LogP contribution in [0.2, 0.25) is 0 Å². The summed E-state index contributed by atoms with van der Waals surface area (Å²) >= 11 is 0. The molecule has 0 radical (unpaired) electrons. The molecule has 0 aliphatic heterocycles. The van der Waals surface area contributed by atoms with E-state index in [-0.39, 0.29) is 11.8 Å². The van der Waals surface area contributed by atoms with Crippen molar-refractivity contribution >= 4 is 11.8 Å². The van der Waals surface area contributed by atoms with Crippen LogP contribution in [0.5, 0.6) is 0 Å². The van der Waals surface area contributed by atoms with Crippen molar-refractivity contribution in [3.63, 3.8) is 0 Å². The number of rotatable bonds is 5. The smallest absolute Gasteiger partial charge is 0.243 e. The summed E-state index contributed by atoms with van der Waals surface area (Å²) < 4.78 is 0. The molecule has 0 aromatic heterocycles. The molecule has 2 N–H and O–H groups in total. The average molecular weight is 198 g/mol. The molecule has 0 heterocycles. The Labute approximate surface area is 85.1 Å². The van der Waals surface area contributed by atoms with Crippen molar-refractivity contribution in [3.05, 3.63) is 25.3 Å². The Morgan fingerprint density at radius 2 is 1.29 bits per heavy atom. The van der Waals surface area contributed by atoms with Crippen LogP contribution in [0.15, 0.2) is 25.3 Å². The van der Waals surface area contributed by atoms with E-state index in [4.69, 9.17) is 0 Å². The Kier molecular flexibility index (Phi) is 12.2. The van der Waals surface area contributed by atoms with Crippen molar-refractivity contribution in [1.82, 2.24) is 10.6 Å². The summed E-state index contributed by atoms with van der Waals surface area (Å²) in [4.78, 5) is 21.1. The molecule has 0 aromatic carbocycles. The Morgan fingerprint density at radius 3 is 1.50 bits per heavy atom. The monoisotopic (exact) mass is 198 g/mol. The first-order valence-corrected chi connectivity index (χ1v) is 4.51. The molecule has 14 heavy (non-hydrogen) atoms. The van der Waals surface area contributed by atoms with E-state index in [9.17, 15) is 9.59 Å². The molecule has 0 saturated heterocycles. The van der Waals surface area contributed by atoms with E-state index in [1.54, 1.807) is 0 Å². The minimum absolute atomic E-state index is 0.247. The molecule has 0 aliphatic carbocycles. The molecule has 0 unspecified atom stereocenters. The third-order valence-corrected chi connectivity index (χ3v) is 1.09. The second kappa shape index (κ2) is 11.4.